The van der Waals surface area contributed by atoms with Crippen molar-refractivity contribution in [2.45, 2.75) is 19.9 Å². The number of hydrogen-bond donors (Lipinski definition) is 2. The van der Waals surface area contributed by atoms with Gasteiger partial charge in [0.2, 0.25) is 0 Å². The van der Waals surface area contributed by atoms with E-state index in [1.807, 2.05) is 37.3 Å². The third kappa shape index (κ3) is 7.94. The summed E-state index contributed by atoms with van der Waals surface area (Å²) in [6.07, 6.45) is 0.783. The van der Waals surface area contributed by atoms with Crippen LogP contribution < -0.4 is 15.4 Å². The van der Waals surface area contributed by atoms with E-state index in [-0.39, 0.29) is 5.91 Å². The molecule has 0 spiro atoms. The van der Waals surface area contributed by atoms with Gasteiger partial charge in [-0.3, -0.25) is 9.79 Å². The molecule has 0 heterocycles. The SMILES string of the molecule is CN=C(NCCc1cccc(C(=O)N(C)C)c1)NCc1ccc(C)cc1OCCOC. The highest BCUT2D eigenvalue weighted by Gasteiger charge is 2.09. The number of aliphatic imine (C=N–C) groups is 1. The Kier molecular flexibility index (Phi) is 9.84. The molecule has 0 radical (unpaired) electrons. The van der Waals surface area contributed by atoms with Crippen LogP contribution in [0.1, 0.15) is 27.0 Å². The number of amides is 1. The van der Waals surface area contributed by atoms with Crippen molar-refractivity contribution >= 4 is 11.9 Å². The molecule has 0 saturated heterocycles. The number of hydrogen-bond acceptors (Lipinski definition) is 4. The van der Waals surface area contributed by atoms with Crippen LogP contribution in [0, 0.1) is 6.92 Å². The Morgan fingerprint density at radius 2 is 1.90 bits per heavy atom. The zero-order valence-corrected chi connectivity index (χ0v) is 19.2. The maximum Gasteiger partial charge on any atom is 0.253 e. The molecule has 31 heavy (non-hydrogen) atoms. The summed E-state index contributed by atoms with van der Waals surface area (Å²) in [6, 6.07) is 13.9. The predicted molar refractivity (Wildman–Crippen MR) is 125 cm³/mol. The van der Waals surface area contributed by atoms with Gasteiger partial charge in [0.25, 0.3) is 5.91 Å². The van der Waals surface area contributed by atoms with Gasteiger partial charge in [0.05, 0.1) is 6.61 Å². The molecule has 0 saturated carbocycles. The number of carbonyl (C=O) groups excluding carboxylic acids is 1. The van der Waals surface area contributed by atoms with Crippen molar-refractivity contribution in [3.63, 3.8) is 0 Å². The maximum atomic E-state index is 12.1. The summed E-state index contributed by atoms with van der Waals surface area (Å²) in [4.78, 5) is 18.0. The monoisotopic (exact) mass is 426 g/mol. The second kappa shape index (κ2) is 12.6. The fourth-order valence-electron chi connectivity index (χ4n) is 3.02. The van der Waals surface area contributed by atoms with Crippen LogP contribution in [0.5, 0.6) is 5.75 Å². The molecule has 2 aromatic carbocycles. The van der Waals surface area contributed by atoms with Crippen molar-refractivity contribution in [2.24, 2.45) is 4.99 Å². The lowest BCUT2D eigenvalue weighted by Gasteiger charge is -2.16. The lowest BCUT2D eigenvalue weighted by molar-refractivity contribution is 0.0827. The molecule has 0 unspecified atom stereocenters. The van der Waals surface area contributed by atoms with Gasteiger partial charge in [-0.2, -0.15) is 0 Å². The molecule has 2 rings (SSSR count). The Labute approximate surface area is 185 Å². The number of carbonyl (C=O) groups is 1. The number of nitrogens with one attached hydrogen (secondary N) is 2. The zero-order valence-electron chi connectivity index (χ0n) is 19.2. The Bertz CT molecular complexity index is 881. The van der Waals surface area contributed by atoms with Crippen LogP contribution in [0.4, 0.5) is 0 Å². The molecule has 2 aromatic rings. The quantitative estimate of drug-likeness (QED) is 0.347. The van der Waals surface area contributed by atoms with E-state index in [1.165, 1.54) is 0 Å². The van der Waals surface area contributed by atoms with Crippen molar-refractivity contribution in [3.05, 3.63) is 64.7 Å². The molecule has 0 fully saturated rings. The van der Waals surface area contributed by atoms with E-state index < -0.39 is 0 Å². The Morgan fingerprint density at radius 1 is 1.10 bits per heavy atom. The minimum Gasteiger partial charge on any atom is -0.491 e. The summed E-state index contributed by atoms with van der Waals surface area (Å²) in [5.41, 5.74) is 4.00. The van der Waals surface area contributed by atoms with Crippen LogP contribution in [0.2, 0.25) is 0 Å². The number of nitrogens with zero attached hydrogens (tertiary/aromatic N) is 2. The van der Waals surface area contributed by atoms with E-state index in [9.17, 15) is 4.79 Å². The molecule has 0 aliphatic rings. The first-order valence-electron chi connectivity index (χ1n) is 10.4. The molecule has 1 amide bonds. The fraction of sp³-hybridized carbons (Fsp3) is 0.417. The number of guanidine groups is 1. The second-order valence-electron chi connectivity index (χ2n) is 7.45. The predicted octanol–water partition coefficient (Wildman–Crippen LogP) is 2.63. The van der Waals surface area contributed by atoms with Gasteiger partial charge >= 0.3 is 0 Å². The molecule has 0 aliphatic heterocycles. The van der Waals surface area contributed by atoms with Crippen molar-refractivity contribution in [3.8, 4) is 5.75 Å². The summed E-state index contributed by atoms with van der Waals surface area (Å²) in [6.45, 7) is 4.39. The number of rotatable bonds is 10. The molecular weight excluding hydrogens is 392 g/mol. The van der Waals surface area contributed by atoms with E-state index in [2.05, 4.69) is 27.8 Å². The van der Waals surface area contributed by atoms with Crippen molar-refractivity contribution < 1.29 is 14.3 Å². The molecule has 0 atom stereocenters. The van der Waals surface area contributed by atoms with Crippen LogP contribution in [-0.2, 0) is 17.7 Å². The van der Waals surface area contributed by atoms with Crippen LogP contribution in [0.15, 0.2) is 47.5 Å². The fourth-order valence-corrected chi connectivity index (χ4v) is 3.02. The number of aryl methyl sites for hydroxylation is 1. The van der Waals surface area contributed by atoms with Crippen LogP contribution in [0.25, 0.3) is 0 Å². The zero-order chi connectivity index (χ0) is 22.6. The summed E-state index contributed by atoms with van der Waals surface area (Å²) in [7, 11) is 6.92. The Hall–Kier alpha value is -3.06. The minimum absolute atomic E-state index is 0.00825. The van der Waals surface area contributed by atoms with E-state index in [4.69, 9.17) is 9.47 Å². The Morgan fingerprint density at radius 3 is 2.61 bits per heavy atom. The summed E-state index contributed by atoms with van der Waals surface area (Å²) < 4.78 is 10.9. The first kappa shape index (κ1) is 24.2. The molecule has 168 valence electrons. The maximum absolute atomic E-state index is 12.1. The first-order chi connectivity index (χ1) is 14.9. The van der Waals surface area contributed by atoms with Gasteiger partial charge in [0, 0.05) is 52.5 Å². The number of methoxy groups -OCH3 is 1. The van der Waals surface area contributed by atoms with E-state index in [0.717, 1.165) is 28.9 Å². The van der Waals surface area contributed by atoms with Gasteiger partial charge in [0.1, 0.15) is 12.4 Å². The van der Waals surface area contributed by atoms with Gasteiger partial charge in [-0.1, -0.05) is 24.3 Å². The average molecular weight is 427 g/mol. The largest absolute Gasteiger partial charge is 0.491 e. The molecule has 0 aromatic heterocycles. The molecule has 7 nitrogen and oxygen atoms in total. The van der Waals surface area contributed by atoms with Crippen LogP contribution in [-0.4, -0.2) is 64.8 Å². The highest BCUT2D eigenvalue weighted by Crippen LogP contribution is 2.20. The topological polar surface area (TPSA) is 75.2 Å². The van der Waals surface area contributed by atoms with Gasteiger partial charge in [-0.05, 0) is 42.7 Å². The van der Waals surface area contributed by atoms with Gasteiger partial charge in [0.15, 0.2) is 5.96 Å². The summed E-state index contributed by atoms with van der Waals surface area (Å²) in [5.74, 6) is 1.57. The van der Waals surface area contributed by atoms with Crippen molar-refractivity contribution in [1.29, 1.82) is 0 Å². The molecular formula is C24H34N4O3. The highest BCUT2D eigenvalue weighted by atomic mass is 16.5. The molecule has 0 aliphatic carbocycles. The lowest BCUT2D eigenvalue weighted by atomic mass is 10.1. The third-order valence-electron chi connectivity index (χ3n) is 4.72. The summed E-state index contributed by atoms with van der Waals surface area (Å²) in [5, 5.41) is 6.66. The third-order valence-corrected chi connectivity index (χ3v) is 4.72. The normalized spacial score (nSPS) is 11.2. The van der Waals surface area contributed by atoms with E-state index in [1.54, 1.807) is 33.2 Å². The molecule has 0 bridgehead atoms. The molecule has 2 N–H and O–H groups in total. The van der Waals surface area contributed by atoms with Crippen molar-refractivity contribution in [1.82, 2.24) is 15.5 Å². The smallest absolute Gasteiger partial charge is 0.253 e. The number of ether oxygens (including phenoxy) is 2. The van der Waals surface area contributed by atoms with Gasteiger partial charge < -0.3 is 25.0 Å². The lowest BCUT2D eigenvalue weighted by Crippen LogP contribution is -2.38. The van der Waals surface area contributed by atoms with Gasteiger partial charge in [-0.25, -0.2) is 0 Å². The first-order valence-corrected chi connectivity index (χ1v) is 10.4. The van der Waals surface area contributed by atoms with Crippen LogP contribution in [0.3, 0.4) is 0 Å². The minimum atomic E-state index is 0.00825. The van der Waals surface area contributed by atoms with E-state index in [0.29, 0.717) is 37.8 Å². The van der Waals surface area contributed by atoms with Crippen molar-refractivity contribution in [2.75, 3.05) is 48.0 Å². The standard InChI is InChI=1S/C24H34N4O3/c1-18-9-10-21(22(15-18)31-14-13-30-5)17-27-24(25-2)26-12-11-19-7-6-8-20(16-19)23(29)28(3)4/h6-10,15-16H,11-14,17H2,1-5H3,(H2,25,26,27). The summed E-state index contributed by atoms with van der Waals surface area (Å²) >= 11 is 0. The highest BCUT2D eigenvalue weighted by molar-refractivity contribution is 5.94. The average Bonchev–Trinajstić information content (AvgIpc) is 2.77. The Balaban J connectivity index is 1.89. The van der Waals surface area contributed by atoms with Crippen LogP contribution >= 0.6 is 0 Å². The second-order valence-corrected chi connectivity index (χ2v) is 7.45. The van der Waals surface area contributed by atoms with Gasteiger partial charge in [-0.15, -0.1) is 0 Å². The van der Waals surface area contributed by atoms with E-state index >= 15 is 0 Å². The molecule has 7 heteroatoms. The number of benzene rings is 2.